The van der Waals surface area contributed by atoms with Crippen LogP contribution in [0.4, 0.5) is 17.1 Å². The summed E-state index contributed by atoms with van der Waals surface area (Å²) in [5, 5.41) is 2.60. The zero-order chi connectivity index (χ0) is 41.5. The number of hydrogen-bond donors (Lipinski definition) is 0. The molecule has 1 nitrogen and oxygen atoms in total. The Hall–Kier alpha value is -7.78. The van der Waals surface area contributed by atoms with Crippen molar-refractivity contribution in [3.63, 3.8) is 0 Å². The molecule has 0 amide bonds. The van der Waals surface area contributed by atoms with Crippen LogP contribution in [0.15, 0.2) is 237 Å². The van der Waals surface area contributed by atoms with Crippen molar-refractivity contribution in [2.45, 2.75) is 5.41 Å². The summed E-state index contributed by atoms with van der Waals surface area (Å²) in [4.78, 5) is 2.35. The summed E-state index contributed by atoms with van der Waals surface area (Å²) in [6.07, 6.45) is 0. The van der Waals surface area contributed by atoms with Gasteiger partial charge in [-0.3, -0.25) is 0 Å². The molecule has 1 spiro atoms. The minimum absolute atomic E-state index is 0.389. The van der Waals surface area contributed by atoms with E-state index in [1.54, 1.807) is 0 Å². The van der Waals surface area contributed by atoms with Crippen molar-refractivity contribution < 1.29 is 0 Å². The van der Waals surface area contributed by atoms with Gasteiger partial charge in [0.15, 0.2) is 0 Å². The topological polar surface area (TPSA) is 3.24 Å². The van der Waals surface area contributed by atoms with Crippen molar-refractivity contribution in [2.75, 3.05) is 4.90 Å². The molecular formula is C61H39NS. The highest BCUT2D eigenvalue weighted by Gasteiger charge is 2.51. The predicted octanol–water partition coefficient (Wildman–Crippen LogP) is 16.9. The van der Waals surface area contributed by atoms with Gasteiger partial charge in [-0.25, -0.2) is 0 Å². The van der Waals surface area contributed by atoms with E-state index in [1.807, 2.05) is 11.3 Å². The maximum absolute atomic E-state index is 2.51. The van der Waals surface area contributed by atoms with Crippen molar-refractivity contribution in [3.8, 4) is 55.6 Å². The minimum atomic E-state index is -0.389. The first-order chi connectivity index (χ1) is 31.2. The van der Waals surface area contributed by atoms with Gasteiger partial charge in [0.2, 0.25) is 0 Å². The van der Waals surface area contributed by atoms with E-state index in [-0.39, 0.29) is 5.41 Å². The van der Waals surface area contributed by atoms with E-state index in [4.69, 9.17) is 0 Å². The molecule has 13 rings (SSSR count). The van der Waals surface area contributed by atoms with Gasteiger partial charge in [0.25, 0.3) is 0 Å². The van der Waals surface area contributed by atoms with Gasteiger partial charge in [-0.05, 0) is 133 Å². The van der Waals surface area contributed by atoms with E-state index in [0.29, 0.717) is 0 Å². The van der Waals surface area contributed by atoms with Gasteiger partial charge < -0.3 is 4.90 Å². The lowest BCUT2D eigenvalue weighted by atomic mass is 9.70. The van der Waals surface area contributed by atoms with E-state index < -0.39 is 0 Å². The lowest BCUT2D eigenvalue weighted by Gasteiger charge is -2.30. The average molecular weight is 818 g/mol. The molecule has 1 heterocycles. The number of nitrogens with zero attached hydrogens (tertiary/aromatic N) is 1. The Kier molecular flexibility index (Phi) is 8.06. The molecule has 11 aromatic rings. The lowest BCUT2D eigenvalue weighted by molar-refractivity contribution is 0.794. The Morgan fingerprint density at radius 1 is 0.286 bits per heavy atom. The fourth-order valence-corrected chi connectivity index (χ4v) is 12.0. The third-order valence-electron chi connectivity index (χ3n) is 13.5. The van der Waals surface area contributed by atoms with Crippen LogP contribution in [-0.2, 0) is 5.41 Å². The number of rotatable bonds is 6. The first-order valence-electron chi connectivity index (χ1n) is 21.7. The third kappa shape index (κ3) is 5.42. The minimum Gasteiger partial charge on any atom is -0.311 e. The summed E-state index contributed by atoms with van der Waals surface area (Å²) in [7, 11) is 0. The first-order valence-corrected chi connectivity index (χ1v) is 22.6. The van der Waals surface area contributed by atoms with Crippen molar-refractivity contribution in [1.82, 2.24) is 0 Å². The van der Waals surface area contributed by atoms with Crippen LogP contribution in [0.1, 0.15) is 22.3 Å². The van der Waals surface area contributed by atoms with Crippen LogP contribution < -0.4 is 4.90 Å². The Bertz CT molecular complexity index is 3480. The van der Waals surface area contributed by atoms with Crippen LogP contribution in [0.3, 0.4) is 0 Å². The van der Waals surface area contributed by atoms with Crippen molar-refractivity contribution >= 4 is 48.6 Å². The number of fused-ring (bicyclic) bond motifs is 13. The van der Waals surface area contributed by atoms with Crippen LogP contribution >= 0.6 is 11.3 Å². The summed E-state index contributed by atoms with van der Waals surface area (Å²) in [5.74, 6) is 0. The van der Waals surface area contributed by atoms with Crippen LogP contribution in [-0.4, -0.2) is 0 Å². The molecule has 0 atom stereocenters. The molecule has 0 radical (unpaired) electrons. The van der Waals surface area contributed by atoms with Crippen LogP contribution in [0.5, 0.6) is 0 Å². The van der Waals surface area contributed by atoms with E-state index in [9.17, 15) is 0 Å². The van der Waals surface area contributed by atoms with Gasteiger partial charge in [0.1, 0.15) is 0 Å². The molecular weight excluding hydrogens is 779 g/mol. The molecule has 0 N–H and O–H groups in total. The molecule has 0 saturated heterocycles. The maximum atomic E-state index is 2.51. The summed E-state index contributed by atoms with van der Waals surface area (Å²) in [6, 6.07) is 87.6. The highest BCUT2D eigenvalue weighted by atomic mass is 32.1. The molecule has 2 heteroatoms. The van der Waals surface area contributed by atoms with Crippen molar-refractivity contribution in [3.05, 3.63) is 259 Å². The van der Waals surface area contributed by atoms with E-state index in [0.717, 1.165) is 17.1 Å². The predicted molar refractivity (Wildman–Crippen MR) is 267 cm³/mol. The van der Waals surface area contributed by atoms with Gasteiger partial charge in [-0.2, -0.15) is 0 Å². The molecule has 0 saturated carbocycles. The second-order valence-corrected chi connectivity index (χ2v) is 17.8. The molecule has 0 aliphatic heterocycles. The lowest BCUT2D eigenvalue weighted by Crippen LogP contribution is -2.25. The molecule has 294 valence electrons. The molecule has 10 aromatic carbocycles. The molecule has 0 fully saturated rings. The first kappa shape index (κ1) is 35.9. The summed E-state index contributed by atoms with van der Waals surface area (Å²) >= 11 is 1.89. The molecule has 1 aromatic heterocycles. The number of hydrogen-bond acceptors (Lipinski definition) is 2. The fourth-order valence-electron chi connectivity index (χ4n) is 10.7. The molecule has 2 aliphatic carbocycles. The quantitative estimate of drug-likeness (QED) is 0.162. The van der Waals surface area contributed by atoms with Gasteiger partial charge >= 0.3 is 0 Å². The van der Waals surface area contributed by atoms with Gasteiger partial charge in [0, 0.05) is 42.8 Å². The Morgan fingerprint density at radius 2 is 0.762 bits per heavy atom. The van der Waals surface area contributed by atoms with Gasteiger partial charge in [-0.15, -0.1) is 11.3 Å². The van der Waals surface area contributed by atoms with Crippen molar-refractivity contribution in [2.24, 2.45) is 0 Å². The molecule has 0 bridgehead atoms. The molecule has 63 heavy (non-hydrogen) atoms. The monoisotopic (exact) mass is 817 g/mol. The number of para-hydroxylation sites is 1. The Labute approximate surface area is 371 Å². The smallest absolute Gasteiger partial charge is 0.0725 e. The highest BCUT2D eigenvalue weighted by Crippen LogP contribution is 2.63. The van der Waals surface area contributed by atoms with Gasteiger partial charge in [-0.1, -0.05) is 176 Å². The summed E-state index contributed by atoms with van der Waals surface area (Å²) in [5.41, 5.74) is 21.0. The Morgan fingerprint density at radius 3 is 1.40 bits per heavy atom. The third-order valence-corrected chi connectivity index (χ3v) is 14.7. The second-order valence-electron chi connectivity index (χ2n) is 16.8. The normalized spacial score (nSPS) is 12.9. The zero-order valence-electron chi connectivity index (χ0n) is 34.4. The maximum Gasteiger partial charge on any atom is 0.0725 e. The fraction of sp³-hybridized carbons (Fsp3) is 0.0164. The largest absolute Gasteiger partial charge is 0.311 e. The SMILES string of the molecule is c1ccc(-c2ccc(N(c3ccccc3)c3ccc(-c4cc(-c5ccc6c(c5)C5(c7ccccc7-c7ccccc75)c5ccccc5-6)cc5c4sc4ccccc45)cc3)cc2)cc1. The summed E-state index contributed by atoms with van der Waals surface area (Å²) in [6.45, 7) is 0. The molecule has 2 aliphatic rings. The second kappa shape index (κ2) is 14.1. The average Bonchev–Trinajstić information content (AvgIpc) is 3.99. The van der Waals surface area contributed by atoms with E-state index >= 15 is 0 Å². The molecule has 0 unspecified atom stereocenters. The number of anilines is 3. The Balaban J connectivity index is 0.966. The van der Waals surface area contributed by atoms with E-state index in [1.165, 1.54) is 98.1 Å². The van der Waals surface area contributed by atoms with Crippen LogP contribution in [0.2, 0.25) is 0 Å². The standard InChI is InChI=1S/C61H39NS/c1-3-15-40(16-4-1)41-27-32-46(33-28-41)62(45-17-5-2-6-18-45)47-34-29-42(30-35-47)53-37-44(38-54-52-22-10-14-26-59(52)63-60(53)54)43-31-36-51-50-21-9-13-25-57(50)61(58(51)39-43)55-23-11-7-19-48(55)49-20-8-12-24-56(49)61/h1-39H. The van der Waals surface area contributed by atoms with E-state index in [2.05, 4.69) is 241 Å². The van der Waals surface area contributed by atoms with Crippen molar-refractivity contribution in [1.29, 1.82) is 0 Å². The van der Waals surface area contributed by atoms with Crippen LogP contribution in [0.25, 0.3) is 75.8 Å². The highest BCUT2D eigenvalue weighted by molar-refractivity contribution is 7.26. The number of thiophene rings is 1. The van der Waals surface area contributed by atoms with Gasteiger partial charge in [0.05, 0.1) is 5.41 Å². The summed E-state index contributed by atoms with van der Waals surface area (Å²) < 4.78 is 2.62. The zero-order valence-corrected chi connectivity index (χ0v) is 35.2. The number of benzene rings is 10. The van der Waals surface area contributed by atoms with Crippen LogP contribution in [0, 0.1) is 0 Å².